The van der Waals surface area contributed by atoms with Crippen molar-refractivity contribution >= 4 is 5.91 Å². The Morgan fingerprint density at radius 1 is 1.26 bits per heavy atom. The van der Waals surface area contributed by atoms with Crippen molar-refractivity contribution in [2.75, 3.05) is 0 Å². The molecule has 5 rings (SSSR count). The molecule has 0 aliphatic heterocycles. The van der Waals surface area contributed by atoms with Gasteiger partial charge in [-0.25, -0.2) is 0 Å². The molecular formula is C19H28N2O2. The molecule has 4 nitrogen and oxygen atoms in total. The molecule has 0 radical (unpaired) electrons. The van der Waals surface area contributed by atoms with Crippen LogP contribution < -0.4 is 5.32 Å². The number of aromatic nitrogens is 1. The number of carbonyl (C=O) groups excluding carboxylic acids is 1. The Labute approximate surface area is 138 Å². The van der Waals surface area contributed by atoms with Crippen molar-refractivity contribution in [3.63, 3.8) is 0 Å². The third-order valence-electron chi connectivity index (χ3n) is 6.85. The lowest BCUT2D eigenvalue weighted by atomic mass is 9.48. The summed E-state index contributed by atoms with van der Waals surface area (Å²) < 4.78 is 5.23. The van der Waals surface area contributed by atoms with Crippen LogP contribution in [0.25, 0.3) is 0 Å². The van der Waals surface area contributed by atoms with E-state index in [4.69, 9.17) is 4.52 Å². The molecule has 4 aliphatic rings. The number of aryl methyl sites for hydroxylation is 2. The third kappa shape index (κ3) is 2.41. The van der Waals surface area contributed by atoms with Gasteiger partial charge in [-0.1, -0.05) is 12.1 Å². The van der Waals surface area contributed by atoms with E-state index in [1.165, 1.54) is 38.5 Å². The first-order chi connectivity index (χ1) is 11.0. The number of amides is 1. The first-order valence-corrected chi connectivity index (χ1v) is 9.26. The van der Waals surface area contributed by atoms with Gasteiger partial charge in [0.25, 0.3) is 5.91 Å². The number of rotatable bonds is 4. The average molecular weight is 316 g/mol. The van der Waals surface area contributed by atoms with Crippen LogP contribution in [0.3, 0.4) is 0 Å². The summed E-state index contributed by atoms with van der Waals surface area (Å²) in [7, 11) is 0. The second-order valence-corrected chi connectivity index (χ2v) is 8.39. The van der Waals surface area contributed by atoms with Crippen LogP contribution in [-0.2, 0) is 6.42 Å². The van der Waals surface area contributed by atoms with Crippen molar-refractivity contribution in [2.24, 2.45) is 23.2 Å². The topological polar surface area (TPSA) is 55.1 Å². The Kier molecular flexibility index (Phi) is 3.54. The maximum Gasteiger partial charge on any atom is 0.257 e. The number of carbonyl (C=O) groups is 1. The lowest BCUT2D eigenvalue weighted by molar-refractivity contribution is -0.0688. The molecule has 0 aromatic carbocycles. The zero-order chi connectivity index (χ0) is 16.2. The fraction of sp³-hybridized carbons (Fsp3) is 0.789. The molecule has 1 atom stereocenters. The zero-order valence-electron chi connectivity index (χ0n) is 14.5. The molecule has 0 unspecified atom stereocenters. The maximum absolute atomic E-state index is 12.8. The molecule has 4 aliphatic carbocycles. The Morgan fingerprint density at radius 3 is 2.35 bits per heavy atom. The van der Waals surface area contributed by atoms with Gasteiger partial charge in [0, 0.05) is 6.04 Å². The number of hydrogen-bond donors (Lipinski definition) is 1. The van der Waals surface area contributed by atoms with Crippen LogP contribution in [0.5, 0.6) is 0 Å². The van der Waals surface area contributed by atoms with Gasteiger partial charge < -0.3 is 9.84 Å². The van der Waals surface area contributed by atoms with Gasteiger partial charge >= 0.3 is 0 Å². The van der Waals surface area contributed by atoms with Gasteiger partial charge in [0.15, 0.2) is 0 Å². The van der Waals surface area contributed by atoms with Gasteiger partial charge in [-0.3, -0.25) is 4.79 Å². The number of nitrogens with one attached hydrogen (secondary N) is 1. The molecule has 1 N–H and O–H groups in total. The van der Waals surface area contributed by atoms with Crippen molar-refractivity contribution in [3.05, 3.63) is 17.0 Å². The van der Waals surface area contributed by atoms with Crippen LogP contribution in [0.2, 0.25) is 0 Å². The van der Waals surface area contributed by atoms with E-state index in [0.717, 1.165) is 29.9 Å². The second-order valence-electron chi connectivity index (χ2n) is 8.39. The van der Waals surface area contributed by atoms with Gasteiger partial charge in [0.2, 0.25) is 0 Å². The van der Waals surface area contributed by atoms with E-state index in [0.29, 0.717) is 16.7 Å². The van der Waals surface area contributed by atoms with Gasteiger partial charge in [0.05, 0.1) is 5.69 Å². The highest BCUT2D eigenvalue weighted by Crippen LogP contribution is 2.61. The molecule has 1 aromatic rings. The van der Waals surface area contributed by atoms with Crippen molar-refractivity contribution < 1.29 is 9.32 Å². The highest BCUT2D eigenvalue weighted by Gasteiger charge is 2.53. The van der Waals surface area contributed by atoms with E-state index in [1.807, 2.05) is 13.8 Å². The van der Waals surface area contributed by atoms with Crippen LogP contribution >= 0.6 is 0 Å². The van der Waals surface area contributed by atoms with Crippen LogP contribution in [0.1, 0.15) is 74.2 Å². The molecule has 126 valence electrons. The van der Waals surface area contributed by atoms with E-state index >= 15 is 0 Å². The molecule has 1 heterocycles. The van der Waals surface area contributed by atoms with Crippen molar-refractivity contribution in [2.45, 2.75) is 71.8 Å². The third-order valence-corrected chi connectivity index (χ3v) is 6.85. The maximum atomic E-state index is 12.8. The first-order valence-electron chi connectivity index (χ1n) is 9.26. The number of nitrogens with zero attached hydrogens (tertiary/aromatic N) is 1. The fourth-order valence-electron chi connectivity index (χ4n) is 6.08. The number of hydrogen-bond acceptors (Lipinski definition) is 3. The normalized spacial score (nSPS) is 36.2. The summed E-state index contributed by atoms with van der Waals surface area (Å²) in [6.45, 7) is 6.06. The Bertz CT molecular complexity index is 584. The van der Waals surface area contributed by atoms with Gasteiger partial charge in [-0.05, 0) is 82.0 Å². The van der Waals surface area contributed by atoms with E-state index in [2.05, 4.69) is 17.4 Å². The minimum Gasteiger partial charge on any atom is -0.361 e. The fourth-order valence-corrected chi connectivity index (χ4v) is 6.08. The lowest BCUT2D eigenvalue weighted by Gasteiger charge is -2.59. The van der Waals surface area contributed by atoms with Crippen molar-refractivity contribution in [1.82, 2.24) is 10.5 Å². The average Bonchev–Trinajstić information content (AvgIpc) is 2.86. The standard InChI is InChI=1S/C19H28N2O2/c1-4-16-17(11(2)23-21-16)18(22)20-12(3)19-8-13-5-14(9-19)7-15(6-13)10-19/h12-15H,4-10H2,1-3H3,(H,20,22)/t12-,13?,14?,15?,19?/m0/s1. The first kappa shape index (κ1) is 15.2. The minimum atomic E-state index is 0.00356. The summed E-state index contributed by atoms with van der Waals surface area (Å²) in [5.74, 6) is 3.36. The van der Waals surface area contributed by atoms with E-state index < -0.39 is 0 Å². The summed E-state index contributed by atoms with van der Waals surface area (Å²) in [6, 6.07) is 0.238. The SMILES string of the molecule is CCc1noc(C)c1C(=O)N[C@@H](C)C12CC3CC(CC(C3)C1)C2. The Morgan fingerprint density at radius 2 is 1.83 bits per heavy atom. The smallest absolute Gasteiger partial charge is 0.257 e. The predicted octanol–water partition coefficient (Wildman–Crippen LogP) is 3.88. The van der Waals surface area contributed by atoms with Crippen LogP contribution in [0, 0.1) is 30.1 Å². The van der Waals surface area contributed by atoms with E-state index in [-0.39, 0.29) is 11.9 Å². The van der Waals surface area contributed by atoms with Crippen LogP contribution in [0.15, 0.2) is 4.52 Å². The second kappa shape index (κ2) is 5.35. The van der Waals surface area contributed by atoms with Gasteiger partial charge in [-0.2, -0.15) is 0 Å². The van der Waals surface area contributed by atoms with Gasteiger partial charge in [-0.15, -0.1) is 0 Å². The molecule has 1 aromatic heterocycles. The lowest BCUT2D eigenvalue weighted by Crippen LogP contribution is -2.55. The largest absolute Gasteiger partial charge is 0.361 e. The molecule has 1 amide bonds. The minimum absolute atomic E-state index is 0.00356. The summed E-state index contributed by atoms with van der Waals surface area (Å²) >= 11 is 0. The van der Waals surface area contributed by atoms with Gasteiger partial charge in [0.1, 0.15) is 11.3 Å². The highest BCUT2D eigenvalue weighted by molar-refractivity contribution is 5.96. The molecule has 23 heavy (non-hydrogen) atoms. The van der Waals surface area contributed by atoms with Crippen molar-refractivity contribution in [1.29, 1.82) is 0 Å². The summed E-state index contributed by atoms with van der Waals surface area (Å²) in [6.07, 6.45) is 8.96. The van der Waals surface area contributed by atoms with E-state index in [9.17, 15) is 4.79 Å². The quantitative estimate of drug-likeness (QED) is 0.917. The highest BCUT2D eigenvalue weighted by atomic mass is 16.5. The predicted molar refractivity (Wildman–Crippen MR) is 88.2 cm³/mol. The molecular weight excluding hydrogens is 288 g/mol. The Balaban J connectivity index is 1.52. The molecule has 4 saturated carbocycles. The summed E-state index contributed by atoms with van der Waals surface area (Å²) in [5.41, 5.74) is 1.77. The summed E-state index contributed by atoms with van der Waals surface area (Å²) in [4.78, 5) is 12.8. The molecule has 0 saturated heterocycles. The van der Waals surface area contributed by atoms with E-state index in [1.54, 1.807) is 0 Å². The van der Waals surface area contributed by atoms with Crippen LogP contribution in [0.4, 0.5) is 0 Å². The Hall–Kier alpha value is -1.32. The molecule has 4 bridgehead atoms. The van der Waals surface area contributed by atoms with Crippen LogP contribution in [-0.4, -0.2) is 17.1 Å². The zero-order valence-corrected chi connectivity index (χ0v) is 14.5. The monoisotopic (exact) mass is 316 g/mol. The molecule has 4 heteroatoms. The molecule has 0 spiro atoms. The molecule has 4 fully saturated rings. The van der Waals surface area contributed by atoms with Crippen molar-refractivity contribution in [3.8, 4) is 0 Å². The summed E-state index contributed by atoms with van der Waals surface area (Å²) in [5, 5.41) is 7.34.